The van der Waals surface area contributed by atoms with Crippen molar-refractivity contribution in [1.29, 1.82) is 0 Å². The summed E-state index contributed by atoms with van der Waals surface area (Å²) in [6, 6.07) is 7.53. The highest BCUT2D eigenvalue weighted by Gasteiger charge is 2.15. The van der Waals surface area contributed by atoms with Crippen LogP contribution in [0.2, 0.25) is 0 Å². The first kappa shape index (κ1) is 7.52. The highest BCUT2D eigenvalue weighted by Crippen LogP contribution is 2.32. The maximum absolute atomic E-state index is 9.14. The maximum Gasteiger partial charge on any atom is 0.222 e. The molecule has 12 heavy (non-hydrogen) atoms. The molecular weight excluding hydrogens is 174 g/mol. The van der Waals surface area contributed by atoms with E-state index in [-0.39, 0.29) is 5.88 Å². The lowest BCUT2D eigenvalue weighted by Crippen LogP contribution is -2.12. The van der Waals surface area contributed by atoms with Crippen molar-refractivity contribution in [2.75, 3.05) is 0 Å². The lowest BCUT2D eigenvalue weighted by Gasteiger charge is -2.19. The normalized spacial score (nSPS) is 15.4. The molecule has 0 aliphatic carbocycles. The van der Waals surface area contributed by atoms with Crippen LogP contribution in [0.1, 0.15) is 5.56 Å². The van der Waals surface area contributed by atoms with E-state index in [2.05, 4.69) is 0 Å². The molecule has 0 aromatic heterocycles. The molecule has 0 bridgehead atoms. The molecule has 1 aromatic rings. The van der Waals surface area contributed by atoms with E-state index in [4.69, 9.17) is 10.3 Å². The number of benzene rings is 1. The summed E-state index contributed by atoms with van der Waals surface area (Å²) in [5, 5.41) is 18.2. The average Bonchev–Trinajstić information content (AvgIpc) is 2.07. The Morgan fingerprint density at radius 2 is 2.00 bits per heavy atom. The Morgan fingerprint density at radius 1 is 1.25 bits per heavy atom. The van der Waals surface area contributed by atoms with Gasteiger partial charge in [-0.25, -0.2) is 0 Å². The molecule has 0 radical (unpaired) electrons. The summed E-state index contributed by atoms with van der Waals surface area (Å²) >= 11 is 1.09. The topological polar surface area (TPSA) is 43.7 Å². The van der Waals surface area contributed by atoms with E-state index in [1.54, 1.807) is 0 Å². The van der Waals surface area contributed by atoms with Gasteiger partial charge in [-0.2, -0.15) is 4.47 Å². The fourth-order valence-corrected chi connectivity index (χ4v) is 1.72. The van der Waals surface area contributed by atoms with Gasteiger partial charge in [-0.1, -0.05) is 18.2 Å². The van der Waals surface area contributed by atoms with Crippen LogP contribution >= 0.6 is 11.9 Å². The van der Waals surface area contributed by atoms with Crippen LogP contribution < -0.4 is 0 Å². The molecule has 3 nitrogen and oxygen atoms in total. The largest absolute Gasteiger partial charge is 0.493 e. The minimum absolute atomic E-state index is 0.140. The van der Waals surface area contributed by atoms with Crippen LogP contribution in [-0.4, -0.2) is 14.8 Å². The van der Waals surface area contributed by atoms with Gasteiger partial charge in [-0.3, -0.25) is 5.21 Å². The zero-order valence-corrected chi connectivity index (χ0v) is 6.95. The molecule has 0 saturated carbocycles. The summed E-state index contributed by atoms with van der Waals surface area (Å²) in [4.78, 5) is 0.929. The van der Waals surface area contributed by atoms with E-state index in [0.29, 0.717) is 0 Å². The Labute approximate surface area is 74.0 Å². The van der Waals surface area contributed by atoms with Gasteiger partial charge in [-0.05, 0) is 11.6 Å². The number of aliphatic hydroxyl groups is 1. The predicted molar refractivity (Wildman–Crippen MR) is 46.5 cm³/mol. The molecule has 2 rings (SSSR count). The lowest BCUT2D eigenvalue weighted by molar-refractivity contribution is 0.00777. The van der Waals surface area contributed by atoms with Crippen LogP contribution in [0.15, 0.2) is 35.0 Å². The molecule has 1 aliphatic heterocycles. The van der Waals surface area contributed by atoms with E-state index in [1.165, 1.54) is 6.08 Å². The Hall–Kier alpha value is -1.13. The van der Waals surface area contributed by atoms with Crippen LogP contribution in [0, 0.1) is 0 Å². The second-order valence-electron chi connectivity index (χ2n) is 2.40. The lowest BCUT2D eigenvalue weighted by atomic mass is 10.2. The van der Waals surface area contributed by atoms with Crippen molar-refractivity contribution in [2.24, 2.45) is 0 Å². The first-order valence-corrected chi connectivity index (χ1v) is 4.21. The molecule has 1 aromatic carbocycles. The summed E-state index contributed by atoms with van der Waals surface area (Å²) < 4.78 is 0.738. The molecule has 62 valence electrons. The van der Waals surface area contributed by atoms with E-state index < -0.39 is 0 Å². The van der Waals surface area contributed by atoms with Gasteiger partial charge in [0.25, 0.3) is 0 Å². The van der Waals surface area contributed by atoms with Crippen LogP contribution in [0.3, 0.4) is 0 Å². The second-order valence-corrected chi connectivity index (χ2v) is 3.37. The van der Waals surface area contributed by atoms with Crippen molar-refractivity contribution in [3.05, 3.63) is 35.7 Å². The Morgan fingerprint density at radius 3 is 2.83 bits per heavy atom. The number of rotatable bonds is 0. The van der Waals surface area contributed by atoms with Crippen molar-refractivity contribution >= 4 is 18.0 Å². The maximum atomic E-state index is 9.14. The third-order valence-corrected chi connectivity index (χ3v) is 2.51. The highest BCUT2D eigenvalue weighted by atomic mass is 32.2. The molecular formula is C8H7NO2S. The van der Waals surface area contributed by atoms with Crippen molar-refractivity contribution in [2.45, 2.75) is 4.90 Å². The number of aliphatic hydroxyl groups excluding tert-OH is 1. The summed E-state index contributed by atoms with van der Waals surface area (Å²) in [6.45, 7) is 0. The van der Waals surface area contributed by atoms with Crippen molar-refractivity contribution in [1.82, 2.24) is 4.47 Å². The van der Waals surface area contributed by atoms with Crippen molar-refractivity contribution < 1.29 is 10.3 Å². The predicted octanol–water partition coefficient (Wildman–Crippen LogP) is 2.25. The molecule has 0 unspecified atom stereocenters. The van der Waals surface area contributed by atoms with E-state index in [1.807, 2.05) is 24.3 Å². The monoisotopic (exact) mass is 181 g/mol. The molecule has 0 amide bonds. The number of hydrogen-bond donors (Lipinski definition) is 2. The quantitative estimate of drug-likeness (QED) is 0.602. The van der Waals surface area contributed by atoms with Gasteiger partial charge in [-0.15, -0.1) is 0 Å². The fourth-order valence-electron chi connectivity index (χ4n) is 1.02. The molecule has 0 fully saturated rings. The third kappa shape index (κ3) is 1.15. The standard InChI is InChI=1S/C8H7NO2S/c10-8-5-6-3-1-2-4-7(6)12-9(8)11/h1-5,10-11H. The molecule has 4 heteroatoms. The SMILES string of the molecule is OC1=Cc2ccccc2SN1O. The first-order chi connectivity index (χ1) is 5.77. The van der Waals surface area contributed by atoms with Gasteiger partial charge < -0.3 is 5.11 Å². The number of nitrogens with zero attached hydrogens (tertiary/aromatic N) is 1. The van der Waals surface area contributed by atoms with Gasteiger partial charge in [0.15, 0.2) is 0 Å². The number of hydrogen-bond acceptors (Lipinski definition) is 4. The van der Waals surface area contributed by atoms with Gasteiger partial charge in [0.05, 0.1) is 0 Å². The summed E-state index contributed by atoms with van der Waals surface area (Å²) in [6.07, 6.45) is 1.52. The first-order valence-electron chi connectivity index (χ1n) is 3.44. The summed E-state index contributed by atoms with van der Waals surface area (Å²) in [5.74, 6) is -0.140. The zero-order valence-electron chi connectivity index (χ0n) is 6.14. The molecule has 1 heterocycles. The van der Waals surface area contributed by atoms with E-state index >= 15 is 0 Å². The smallest absolute Gasteiger partial charge is 0.222 e. The average molecular weight is 181 g/mol. The Kier molecular flexibility index (Phi) is 1.71. The summed E-state index contributed by atoms with van der Waals surface area (Å²) in [7, 11) is 0. The molecule has 0 atom stereocenters. The molecule has 0 spiro atoms. The van der Waals surface area contributed by atoms with Gasteiger partial charge in [0.1, 0.15) is 0 Å². The van der Waals surface area contributed by atoms with Gasteiger partial charge >= 0.3 is 0 Å². The molecule has 2 N–H and O–H groups in total. The fraction of sp³-hybridized carbons (Fsp3) is 0. The van der Waals surface area contributed by atoms with Crippen molar-refractivity contribution in [3.8, 4) is 0 Å². The Balaban J connectivity index is 2.49. The molecule has 0 saturated heterocycles. The highest BCUT2D eigenvalue weighted by molar-refractivity contribution is 7.97. The third-order valence-electron chi connectivity index (χ3n) is 1.58. The minimum Gasteiger partial charge on any atom is -0.493 e. The van der Waals surface area contributed by atoms with Crippen LogP contribution in [0.4, 0.5) is 0 Å². The number of fused-ring (bicyclic) bond motifs is 1. The van der Waals surface area contributed by atoms with Gasteiger partial charge in [0, 0.05) is 22.9 Å². The Bertz CT molecular complexity index is 338. The minimum atomic E-state index is -0.140. The molecule has 1 aliphatic rings. The summed E-state index contributed by atoms with van der Waals surface area (Å²) in [5.41, 5.74) is 0.922. The van der Waals surface area contributed by atoms with Crippen LogP contribution in [-0.2, 0) is 0 Å². The second kappa shape index (κ2) is 2.73. The van der Waals surface area contributed by atoms with E-state index in [0.717, 1.165) is 26.9 Å². The van der Waals surface area contributed by atoms with Gasteiger partial charge in [0.2, 0.25) is 5.88 Å². The van der Waals surface area contributed by atoms with Crippen LogP contribution in [0.25, 0.3) is 6.08 Å². The number of hydroxylamine groups is 1. The van der Waals surface area contributed by atoms with Crippen molar-refractivity contribution in [3.63, 3.8) is 0 Å². The zero-order chi connectivity index (χ0) is 8.55. The van der Waals surface area contributed by atoms with Crippen LogP contribution in [0.5, 0.6) is 0 Å². The van der Waals surface area contributed by atoms with E-state index in [9.17, 15) is 0 Å².